The first-order valence-electron chi connectivity index (χ1n) is 9.81. The Morgan fingerprint density at radius 1 is 1.29 bits per heavy atom. The van der Waals surface area contributed by atoms with Gasteiger partial charge in [-0.3, -0.25) is 9.59 Å². The smallest absolute Gasteiger partial charge is 0.281 e. The van der Waals surface area contributed by atoms with Crippen LogP contribution in [0.4, 0.5) is 0 Å². The van der Waals surface area contributed by atoms with Crippen molar-refractivity contribution in [2.75, 3.05) is 13.1 Å². The zero-order valence-corrected chi connectivity index (χ0v) is 16.0. The maximum Gasteiger partial charge on any atom is 0.281 e. The monoisotopic (exact) mass is 380 g/mol. The summed E-state index contributed by atoms with van der Waals surface area (Å²) < 4.78 is 1.66. The number of piperidine rings is 1. The minimum atomic E-state index is -0.281. The molecule has 1 saturated heterocycles. The van der Waals surface area contributed by atoms with Crippen molar-refractivity contribution in [1.29, 1.82) is 0 Å². The molecule has 0 saturated carbocycles. The molecule has 3 heterocycles. The topological polar surface area (TPSA) is 96.8 Å². The van der Waals surface area contributed by atoms with E-state index in [9.17, 15) is 9.59 Å². The number of aromatic amines is 1. The lowest BCUT2D eigenvalue weighted by atomic mass is 9.96. The molecule has 2 aromatic heterocycles. The van der Waals surface area contributed by atoms with Gasteiger partial charge in [0, 0.05) is 25.4 Å². The van der Waals surface area contributed by atoms with Crippen LogP contribution < -0.4 is 5.56 Å². The zero-order chi connectivity index (χ0) is 19.5. The number of fused-ring (bicyclic) bond motifs is 1. The van der Waals surface area contributed by atoms with Gasteiger partial charge in [-0.2, -0.15) is 0 Å². The minimum absolute atomic E-state index is 0.0201. The molecule has 8 nitrogen and oxygen atoms in total. The average Bonchev–Trinajstić information content (AvgIpc) is 3.12. The molecule has 0 spiro atoms. The fourth-order valence-electron chi connectivity index (χ4n) is 3.74. The highest BCUT2D eigenvalue weighted by Crippen LogP contribution is 2.25. The number of nitrogens with zero attached hydrogens (tertiary/aromatic N) is 5. The molecule has 0 radical (unpaired) electrons. The first-order valence-corrected chi connectivity index (χ1v) is 9.81. The molecule has 146 valence electrons. The number of likely N-dealkylation sites (tertiary alicyclic amines) is 1. The van der Waals surface area contributed by atoms with E-state index < -0.39 is 0 Å². The van der Waals surface area contributed by atoms with E-state index in [0.717, 1.165) is 31.4 Å². The summed E-state index contributed by atoms with van der Waals surface area (Å²) in [5.74, 6) is 0.807. The third-order valence-corrected chi connectivity index (χ3v) is 5.19. The van der Waals surface area contributed by atoms with Gasteiger partial charge >= 0.3 is 0 Å². The van der Waals surface area contributed by atoms with Gasteiger partial charge in [-0.1, -0.05) is 42.5 Å². The van der Waals surface area contributed by atoms with Crippen LogP contribution in [0.2, 0.25) is 0 Å². The number of nitrogens with one attached hydrogen (secondary N) is 1. The summed E-state index contributed by atoms with van der Waals surface area (Å²) in [6, 6.07) is 9.88. The van der Waals surface area contributed by atoms with Crippen molar-refractivity contribution in [3.8, 4) is 0 Å². The number of hydrogen-bond acceptors (Lipinski definition) is 5. The molecule has 1 atom stereocenters. The summed E-state index contributed by atoms with van der Waals surface area (Å²) in [5.41, 5.74) is 1.51. The van der Waals surface area contributed by atoms with Gasteiger partial charge in [-0.05, 0) is 24.8 Å². The van der Waals surface area contributed by atoms with Crippen LogP contribution in [-0.4, -0.2) is 48.9 Å². The molecular formula is C20H24N6O2. The molecule has 1 aliphatic rings. The Kier molecular flexibility index (Phi) is 5.18. The Morgan fingerprint density at radius 3 is 2.89 bits per heavy atom. The highest BCUT2D eigenvalue weighted by Gasteiger charge is 2.27. The molecular weight excluding hydrogens is 356 g/mol. The van der Waals surface area contributed by atoms with Gasteiger partial charge in [0.2, 0.25) is 5.91 Å². The Balaban J connectivity index is 1.63. The number of benzene rings is 1. The summed E-state index contributed by atoms with van der Waals surface area (Å²) in [6.45, 7) is 3.87. The van der Waals surface area contributed by atoms with Crippen LogP contribution in [0.5, 0.6) is 0 Å². The van der Waals surface area contributed by atoms with Crippen molar-refractivity contribution in [3.63, 3.8) is 0 Å². The van der Waals surface area contributed by atoms with Crippen LogP contribution in [0.25, 0.3) is 11.2 Å². The summed E-state index contributed by atoms with van der Waals surface area (Å²) in [4.78, 5) is 34.3. The lowest BCUT2D eigenvalue weighted by Crippen LogP contribution is -2.39. The molecule has 0 bridgehead atoms. The SMILES string of the molecule is CCCC(=O)N1CCC[C@H](c2nc3c(nnn3Cc3ccccc3)c(=O)[nH]2)C1. The normalized spacial score (nSPS) is 17.2. The molecule has 28 heavy (non-hydrogen) atoms. The van der Waals surface area contributed by atoms with Crippen molar-refractivity contribution in [3.05, 3.63) is 52.1 Å². The fourth-order valence-corrected chi connectivity index (χ4v) is 3.74. The predicted octanol–water partition coefficient (Wildman–Crippen LogP) is 2.07. The third-order valence-electron chi connectivity index (χ3n) is 5.19. The van der Waals surface area contributed by atoms with Gasteiger partial charge in [0.25, 0.3) is 5.56 Å². The summed E-state index contributed by atoms with van der Waals surface area (Å²) in [6.07, 6.45) is 3.20. The van der Waals surface area contributed by atoms with E-state index >= 15 is 0 Å². The van der Waals surface area contributed by atoms with E-state index in [1.165, 1.54) is 0 Å². The van der Waals surface area contributed by atoms with E-state index in [1.807, 2.05) is 42.2 Å². The van der Waals surface area contributed by atoms with Crippen LogP contribution in [0.1, 0.15) is 49.9 Å². The molecule has 1 amide bonds. The zero-order valence-electron chi connectivity index (χ0n) is 16.0. The molecule has 1 N–H and O–H groups in total. The third kappa shape index (κ3) is 3.67. The van der Waals surface area contributed by atoms with E-state index in [4.69, 9.17) is 4.98 Å². The molecule has 3 aromatic rings. The van der Waals surface area contributed by atoms with Crippen LogP contribution in [-0.2, 0) is 11.3 Å². The molecule has 0 aliphatic carbocycles. The van der Waals surface area contributed by atoms with E-state index in [2.05, 4.69) is 15.3 Å². The van der Waals surface area contributed by atoms with Gasteiger partial charge in [0.1, 0.15) is 5.82 Å². The maximum atomic E-state index is 12.5. The van der Waals surface area contributed by atoms with Crippen LogP contribution in [0, 0.1) is 0 Å². The molecule has 1 fully saturated rings. The summed E-state index contributed by atoms with van der Waals surface area (Å²) in [7, 11) is 0. The second-order valence-corrected chi connectivity index (χ2v) is 7.28. The lowest BCUT2D eigenvalue weighted by Gasteiger charge is -2.32. The number of amides is 1. The first kappa shape index (κ1) is 18.3. The Bertz CT molecular complexity index is 1030. The summed E-state index contributed by atoms with van der Waals surface area (Å²) in [5, 5.41) is 8.14. The number of rotatable bonds is 5. The van der Waals surface area contributed by atoms with Crippen molar-refractivity contribution in [1.82, 2.24) is 29.9 Å². The number of hydrogen-bond donors (Lipinski definition) is 1. The van der Waals surface area contributed by atoms with E-state index in [0.29, 0.717) is 31.0 Å². The van der Waals surface area contributed by atoms with Crippen LogP contribution in [0.15, 0.2) is 35.1 Å². The highest BCUT2D eigenvalue weighted by atomic mass is 16.2. The molecule has 0 unspecified atom stereocenters. The average molecular weight is 380 g/mol. The number of carbonyl (C=O) groups excluding carboxylic acids is 1. The number of aromatic nitrogens is 5. The predicted molar refractivity (Wildman–Crippen MR) is 105 cm³/mol. The molecule has 1 aliphatic heterocycles. The van der Waals surface area contributed by atoms with Gasteiger partial charge in [0.05, 0.1) is 6.54 Å². The second-order valence-electron chi connectivity index (χ2n) is 7.28. The first-order chi connectivity index (χ1) is 13.7. The summed E-state index contributed by atoms with van der Waals surface area (Å²) >= 11 is 0. The maximum absolute atomic E-state index is 12.5. The lowest BCUT2D eigenvalue weighted by molar-refractivity contribution is -0.132. The molecule has 1 aromatic carbocycles. The van der Waals surface area contributed by atoms with Crippen molar-refractivity contribution in [2.45, 2.75) is 45.1 Å². The van der Waals surface area contributed by atoms with Crippen molar-refractivity contribution < 1.29 is 4.79 Å². The quantitative estimate of drug-likeness (QED) is 0.731. The van der Waals surface area contributed by atoms with E-state index in [1.54, 1.807) is 4.68 Å². The van der Waals surface area contributed by atoms with Gasteiger partial charge in [-0.15, -0.1) is 5.10 Å². The largest absolute Gasteiger partial charge is 0.342 e. The van der Waals surface area contributed by atoms with Gasteiger partial charge in [-0.25, -0.2) is 9.67 Å². The highest BCUT2D eigenvalue weighted by molar-refractivity contribution is 5.76. The van der Waals surface area contributed by atoms with Crippen LogP contribution >= 0.6 is 0 Å². The Hall–Kier alpha value is -3.03. The molecule has 8 heteroatoms. The van der Waals surface area contributed by atoms with Crippen molar-refractivity contribution in [2.24, 2.45) is 0 Å². The Labute approximate surface area is 162 Å². The van der Waals surface area contributed by atoms with Gasteiger partial charge < -0.3 is 9.88 Å². The fraction of sp³-hybridized carbons (Fsp3) is 0.450. The number of carbonyl (C=O) groups is 1. The Morgan fingerprint density at radius 2 is 2.11 bits per heavy atom. The minimum Gasteiger partial charge on any atom is -0.342 e. The second kappa shape index (κ2) is 7.92. The standard InChI is InChI=1S/C20H24N6O2/c1-2-7-16(27)25-11-6-10-15(13-25)18-21-19-17(20(28)22-18)23-24-26(19)12-14-8-4-3-5-9-14/h3-5,8-9,15H,2,6-7,10-13H2,1H3,(H,21,22,28)/t15-/m0/s1. The van der Waals surface area contributed by atoms with E-state index in [-0.39, 0.29) is 22.9 Å². The van der Waals surface area contributed by atoms with Crippen LogP contribution in [0.3, 0.4) is 0 Å². The van der Waals surface area contributed by atoms with Gasteiger partial charge in [0.15, 0.2) is 11.2 Å². The van der Waals surface area contributed by atoms with Crippen molar-refractivity contribution >= 4 is 17.1 Å². The molecule has 4 rings (SSSR count). The number of H-pyrrole nitrogens is 1.